The molecule has 5 nitrogen and oxygen atoms in total. The van der Waals surface area contributed by atoms with Gasteiger partial charge in [-0.15, -0.1) is 10.2 Å². The van der Waals surface area contributed by atoms with Crippen molar-refractivity contribution in [3.63, 3.8) is 0 Å². The Bertz CT molecular complexity index is 1080. The molecule has 4 aromatic rings. The minimum atomic E-state index is -0.149. The lowest BCUT2D eigenvalue weighted by Crippen LogP contribution is -2.22. The van der Waals surface area contributed by atoms with Gasteiger partial charge in [0.05, 0.1) is 0 Å². The first-order chi connectivity index (χ1) is 12.7. The van der Waals surface area contributed by atoms with Crippen LogP contribution in [0, 0.1) is 0 Å². The second kappa shape index (κ2) is 6.98. The summed E-state index contributed by atoms with van der Waals surface area (Å²) in [6, 6.07) is 20.7. The first kappa shape index (κ1) is 16.3. The van der Waals surface area contributed by atoms with Crippen LogP contribution in [-0.4, -0.2) is 20.5 Å². The summed E-state index contributed by atoms with van der Waals surface area (Å²) in [6.07, 6.45) is 1.79. The molecule has 0 bridgehead atoms. The molecule has 0 atom stereocenters. The van der Waals surface area contributed by atoms with Crippen LogP contribution >= 0.6 is 11.6 Å². The van der Waals surface area contributed by atoms with Crippen LogP contribution in [0.4, 0.5) is 0 Å². The first-order valence-corrected chi connectivity index (χ1v) is 8.51. The highest BCUT2D eigenvalue weighted by atomic mass is 35.5. The van der Waals surface area contributed by atoms with Gasteiger partial charge >= 0.3 is 0 Å². The summed E-state index contributed by atoms with van der Waals surface area (Å²) >= 11 is 6.05. The van der Waals surface area contributed by atoms with Crippen LogP contribution in [0.2, 0.25) is 5.02 Å². The quantitative estimate of drug-likeness (QED) is 0.597. The van der Waals surface area contributed by atoms with Gasteiger partial charge in [-0.05, 0) is 29.8 Å². The molecule has 2 aromatic carbocycles. The lowest BCUT2D eigenvalue weighted by Gasteiger charge is -2.06. The van der Waals surface area contributed by atoms with E-state index in [0.29, 0.717) is 28.6 Å². The summed E-state index contributed by atoms with van der Waals surface area (Å²) in [6.45, 7) is 0.477. The predicted molar refractivity (Wildman–Crippen MR) is 101 cm³/mol. The standard InChI is InChI=1S/C20H15ClN4O/c21-17-8-4-7-15(11-17)19-24-23-18-12-16(9-10-25(18)19)20(26)22-13-14-5-2-1-3-6-14/h1-12H,13H2,(H,22,26). The van der Waals surface area contributed by atoms with Crippen molar-refractivity contribution in [3.05, 3.63) is 89.1 Å². The van der Waals surface area contributed by atoms with Crippen LogP contribution < -0.4 is 5.32 Å². The van der Waals surface area contributed by atoms with E-state index in [1.165, 1.54) is 0 Å². The van der Waals surface area contributed by atoms with Crippen molar-refractivity contribution in [2.75, 3.05) is 0 Å². The lowest BCUT2D eigenvalue weighted by molar-refractivity contribution is 0.0951. The lowest BCUT2D eigenvalue weighted by atomic mass is 10.2. The van der Waals surface area contributed by atoms with Crippen LogP contribution in [0.15, 0.2) is 72.9 Å². The third-order valence-electron chi connectivity index (χ3n) is 4.05. The summed E-state index contributed by atoms with van der Waals surface area (Å²) in [5, 5.41) is 11.9. The Hall–Kier alpha value is -3.18. The second-order valence-corrected chi connectivity index (χ2v) is 6.28. The molecule has 1 amide bonds. The van der Waals surface area contributed by atoms with Gasteiger partial charge in [-0.1, -0.05) is 54.1 Å². The Morgan fingerprint density at radius 2 is 1.85 bits per heavy atom. The van der Waals surface area contributed by atoms with Gasteiger partial charge in [0.2, 0.25) is 0 Å². The zero-order valence-electron chi connectivity index (χ0n) is 13.8. The maximum absolute atomic E-state index is 12.4. The molecule has 0 saturated carbocycles. The van der Waals surface area contributed by atoms with Crippen molar-refractivity contribution in [2.24, 2.45) is 0 Å². The number of carbonyl (C=O) groups is 1. The van der Waals surface area contributed by atoms with Gasteiger partial charge < -0.3 is 5.32 Å². The molecule has 4 rings (SSSR count). The van der Waals surface area contributed by atoms with Gasteiger partial charge in [0, 0.05) is 28.9 Å². The average molecular weight is 363 g/mol. The number of aromatic nitrogens is 3. The van der Waals surface area contributed by atoms with E-state index < -0.39 is 0 Å². The Kier molecular flexibility index (Phi) is 4.37. The number of fused-ring (bicyclic) bond motifs is 1. The fourth-order valence-corrected chi connectivity index (χ4v) is 2.93. The van der Waals surface area contributed by atoms with Gasteiger partial charge in [-0.25, -0.2) is 0 Å². The molecule has 0 aliphatic heterocycles. The number of pyridine rings is 1. The maximum atomic E-state index is 12.4. The van der Waals surface area contributed by atoms with Crippen molar-refractivity contribution in [3.8, 4) is 11.4 Å². The van der Waals surface area contributed by atoms with Gasteiger partial charge in [0.15, 0.2) is 11.5 Å². The summed E-state index contributed by atoms with van der Waals surface area (Å²) < 4.78 is 1.83. The molecule has 0 aliphatic rings. The number of hydrogen-bond acceptors (Lipinski definition) is 3. The molecule has 2 heterocycles. The molecular formula is C20H15ClN4O. The van der Waals surface area contributed by atoms with Crippen LogP contribution in [0.1, 0.15) is 15.9 Å². The van der Waals surface area contributed by atoms with Gasteiger partial charge in [-0.2, -0.15) is 0 Å². The largest absolute Gasteiger partial charge is 0.348 e. The molecule has 128 valence electrons. The van der Waals surface area contributed by atoms with E-state index in [2.05, 4.69) is 15.5 Å². The molecule has 0 radical (unpaired) electrons. The highest BCUT2D eigenvalue weighted by Crippen LogP contribution is 2.22. The van der Waals surface area contributed by atoms with Crippen molar-refractivity contribution < 1.29 is 4.79 Å². The fourth-order valence-electron chi connectivity index (χ4n) is 2.74. The summed E-state index contributed by atoms with van der Waals surface area (Å²) in [4.78, 5) is 12.4. The summed E-state index contributed by atoms with van der Waals surface area (Å²) in [7, 11) is 0. The molecule has 0 unspecified atom stereocenters. The van der Waals surface area contributed by atoms with Crippen LogP contribution in [0.5, 0.6) is 0 Å². The molecule has 26 heavy (non-hydrogen) atoms. The van der Waals surface area contributed by atoms with E-state index in [4.69, 9.17) is 11.6 Å². The number of benzene rings is 2. The van der Waals surface area contributed by atoms with Crippen LogP contribution in [-0.2, 0) is 6.54 Å². The maximum Gasteiger partial charge on any atom is 0.251 e. The van der Waals surface area contributed by atoms with E-state index in [9.17, 15) is 4.79 Å². The first-order valence-electron chi connectivity index (χ1n) is 8.13. The zero-order chi connectivity index (χ0) is 17.9. The Labute approximate surface area is 155 Å². The van der Waals surface area contributed by atoms with Gasteiger partial charge in [0.1, 0.15) is 0 Å². The SMILES string of the molecule is O=C(NCc1ccccc1)c1ccn2c(-c3cccc(Cl)c3)nnc2c1. The number of nitrogens with one attached hydrogen (secondary N) is 1. The molecule has 2 aromatic heterocycles. The molecule has 1 N–H and O–H groups in total. The number of carbonyl (C=O) groups excluding carboxylic acids is 1. The fraction of sp³-hybridized carbons (Fsp3) is 0.0500. The summed E-state index contributed by atoms with van der Waals surface area (Å²) in [5.74, 6) is 0.530. The van der Waals surface area contributed by atoms with Crippen LogP contribution in [0.25, 0.3) is 17.0 Å². The smallest absolute Gasteiger partial charge is 0.251 e. The predicted octanol–water partition coefficient (Wildman–Crippen LogP) is 3.98. The van der Waals surface area contributed by atoms with E-state index in [1.54, 1.807) is 18.3 Å². The third-order valence-corrected chi connectivity index (χ3v) is 4.29. The third kappa shape index (κ3) is 3.30. The van der Waals surface area contributed by atoms with E-state index >= 15 is 0 Å². The average Bonchev–Trinajstić information content (AvgIpc) is 3.10. The van der Waals surface area contributed by atoms with Crippen LogP contribution in [0.3, 0.4) is 0 Å². The minimum Gasteiger partial charge on any atom is -0.348 e. The number of rotatable bonds is 4. The number of amides is 1. The topological polar surface area (TPSA) is 59.3 Å². The Morgan fingerprint density at radius 3 is 2.65 bits per heavy atom. The highest BCUT2D eigenvalue weighted by molar-refractivity contribution is 6.30. The normalized spacial score (nSPS) is 10.8. The number of nitrogens with zero attached hydrogens (tertiary/aromatic N) is 3. The molecule has 0 aliphatic carbocycles. The van der Waals surface area contributed by atoms with E-state index in [0.717, 1.165) is 11.1 Å². The highest BCUT2D eigenvalue weighted by Gasteiger charge is 2.12. The monoisotopic (exact) mass is 362 g/mol. The van der Waals surface area contributed by atoms with Gasteiger partial charge in [-0.3, -0.25) is 9.20 Å². The van der Waals surface area contributed by atoms with Crippen molar-refractivity contribution in [1.82, 2.24) is 19.9 Å². The van der Waals surface area contributed by atoms with Crippen molar-refractivity contribution in [1.29, 1.82) is 0 Å². The Morgan fingerprint density at radius 1 is 1.00 bits per heavy atom. The summed E-state index contributed by atoms with van der Waals surface area (Å²) in [5.41, 5.74) is 3.06. The molecule has 0 spiro atoms. The van der Waals surface area contributed by atoms with Crippen molar-refractivity contribution in [2.45, 2.75) is 6.54 Å². The Balaban J connectivity index is 1.57. The molecule has 0 fully saturated rings. The van der Waals surface area contributed by atoms with E-state index in [-0.39, 0.29) is 5.91 Å². The molecular weight excluding hydrogens is 348 g/mol. The van der Waals surface area contributed by atoms with E-state index in [1.807, 2.05) is 59.0 Å². The second-order valence-electron chi connectivity index (χ2n) is 5.85. The number of hydrogen-bond donors (Lipinski definition) is 1. The minimum absolute atomic E-state index is 0.149. The van der Waals surface area contributed by atoms with Crippen molar-refractivity contribution >= 4 is 23.2 Å². The zero-order valence-corrected chi connectivity index (χ0v) is 14.5. The molecule has 0 saturated heterocycles. The van der Waals surface area contributed by atoms with Gasteiger partial charge in [0.25, 0.3) is 5.91 Å². The number of halogens is 1. The molecule has 6 heteroatoms.